The Balaban J connectivity index is 1.50. The van der Waals surface area contributed by atoms with E-state index in [2.05, 4.69) is 15.4 Å². The van der Waals surface area contributed by atoms with Crippen molar-refractivity contribution >= 4 is 5.91 Å². The lowest BCUT2D eigenvalue weighted by molar-refractivity contribution is 0.0511. The maximum absolute atomic E-state index is 12.5. The first-order valence-electron chi connectivity index (χ1n) is 11.9. The predicted octanol–water partition coefficient (Wildman–Crippen LogP) is 2.73. The van der Waals surface area contributed by atoms with Gasteiger partial charge in [-0.25, -0.2) is 9.67 Å². The van der Waals surface area contributed by atoms with E-state index in [0.717, 1.165) is 0 Å². The van der Waals surface area contributed by atoms with Gasteiger partial charge in [0, 0.05) is 18.7 Å². The summed E-state index contributed by atoms with van der Waals surface area (Å²) in [6.45, 7) is 2.60. The average molecular weight is 504 g/mol. The Kier molecular flexibility index (Phi) is 8.82. The summed E-state index contributed by atoms with van der Waals surface area (Å²) in [5.74, 6) is 0.545. The standard InChI is InChI=1S/C27H29N5O5/c28-13-15-36-17-18-37-16-14-29-27(35)19-9-11-20(12-10-19)32-26(22-6-2-4-8-24(22)34)30-25(31-32)21-5-1-3-7-23(21)33/h1-12,33-34H,13-18,28H2,(H,29,35). The van der Waals surface area contributed by atoms with E-state index in [-0.39, 0.29) is 17.4 Å². The number of nitrogens with one attached hydrogen (secondary N) is 1. The Morgan fingerprint density at radius 2 is 1.46 bits per heavy atom. The first-order valence-corrected chi connectivity index (χ1v) is 11.9. The molecule has 192 valence electrons. The molecule has 0 bridgehead atoms. The number of benzene rings is 3. The van der Waals surface area contributed by atoms with Gasteiger partial charge in [0.1, 0.15) is 11.5 Å². The maximum atomic E-state index is 12.5. The number of nitrogens with two attached hydrogens (primary N) is 1. The van der Waals surface area contributed by atoms with E-state index in [4.69, 9.17) is 15.2 Å². The quantitative estimate of drug-likeness (QED) is 0.216. The van der Waals surface area contributed by atoms with Crippen molar-refractivity contribution in [1.29, 1.82) is 0 Å². The molecule has 0 fully saturated rings. The summed E-state index contributed by atoms with van der Waals surface area (Å²) in [6, 6.07) is 20.4. The minimum atomic E-state index is -0.232. The van der Waals surface area contributed by atoms with Crippen LogP contribution in [0, 0.1) is 0 Å². The van der Waals surface area contributed by atoms with Gasteiger partial charge < -0.3 is 30.7 Å². The number of hydrogen-bond donors (Lipinski definition) is 4. The molecular formula is C27H29N5O5. The predicted molar refractivity (Wildman–Crippen MR) is 139 cm³/mol. The van der Waals surface area contributed by atoms with Crippen LogP contribution >= 0.6 is 0 Å². The smallest absolute Gasteiger partial charge is 0.251 e. The molecule has 0 aliphatic rings. The number of nitrogens with zero attached hydrogens (tertiary/aromatic N) is 3. The fourth-order valence-electron chi connectivity index (χ4n) is 3.60. The average Bonchev–Trinajstić information content (AvgIpc) is 3.35. The molecule has 4 aromatic rings. The minimum absolute atomic E-state index is 0.0440. The van der Waals surface area contributed by atoms with Crippen molar-refractivity contribution in [1.82, 2.24) is 20.1 Å². The summed E-state index contributed by atoms with van der Waals surface area (Å²) in [6.07, 6.45) is 0. The molecule has 0 unspecified atom stereocenters. The molecule has 1 aromatic heterocycles. The lowest BCUT2D eigenvalue weighted by Gasteiger charge is -2.09. The van der Waals surface area contributed by atoms with Crippen molar-refractivity contribution in [3.05, 3.63) is 78.4 Å². The summed E-state index contributed by atoms with van der Waals surface area (Å²) >= 11 is 0. The van der Waals surface area contributed by atoms with Crippen LogP contribution in [0.5, 0.6) is 11.5 Å². The molecule has 37 heavy (non-hydrogen) atoms. The third kappa shape index (κ3) is 6.50. The highest BCUT2D eigenvalue weighted by Crippen LogP contribution is 2.33. The van der Waals surface area contributed by atoms with Crippen LogP contribution in [0.15, 0.2) is 72.8 Å². The highest BCUT2D eigenvalue weighted by molar-refractivity contribution is 5.94. The summed E-state index contributed by atoms with van der Waals surface area (Å²) < 4.78 is 12.2. The number of phenolic OH excluding ortho intramolecular Hbond substituents is 2. The summed E-state index contributed by atoms with van der Waals surface area (Å²) in [5.41, 5.74) is 7.39. The Bertz CT molecular complexity index is 1320. The van der Waals surface area contributed by atoms with E-state index in [1.54, 1.807) is 77.5 Å². The number of phenols is 2. The molecule has 0 aliphatic carbocycles. The monoisotopic (exact) mass is 503 g/mol. The van der Waals surface area contributed by atoms with Crippen LogP contribution in [0.25, 0.3) is 28.5 Å². The van der Waals surface area contributed by atoms with Crippen LogP contribution in [-0.4, -0.2) is 70.4 Å². The molecule has 0 atom stereocenters. The van der Waals surface area contributed by atoms with E-state index in [0.29, 0.717) is 73.5 Å². The molecule has 0 radical (unpaired) electrons. The lowest BCUT2D eigenvalue weighted by atomic mass is 10.1. The van der Waals surface area contributed by atoms with Gasteiger partial charge in [0.15, 0.2) is 11.6 Å². The number of ether oxygens (including phenoxy) is 2. The van der Waals surface area contributed by atoms with Crippen LogP contribution in [-0.2, 0) is 9.47 Å². The van der Waals surface area contributed by atoms with Crippen molar-refractivity contribution in [2.75, 3.05) is 39.5 Å². The van der Waals surface area contributed by atoms with Crippen molar-refractivity contribution in [3.8, 4) is 40.0 Å². The first kappa shape index (κ1) is 25.8. The number of rotatable bonds is 12. The Morgan fingerprint density at radius 1 is 0.838 bits per heavy atom. The van der Waals surface area contributed by atoms with Crippen LogP contribution < -0.4 is 11.1 Å². The topological polar surface area (TPSA) is 145 Å². The van der Waals surface area contributed by atoms with Crippen LogP contribution in [0.2, 0.25) is 0 Å². The third-order valence-corrected chi connectivity index (χ3v) is 5.44. The first-order chi connectivity index (χ1) is 18.1. The zero-order valence-electron chi connectivity index (χ0n) is 20.2. The summed E-state index contributed by atoms with van der Waals surface area (Å²) in [5, 5.41) is 28.2. The van der Waals surface area contributed by atoms with Gasteiger partial charge >= 0.3 is 0 Å². The molecule has 1 heterocycles. The van der Waals surface area contributed by atoms with Crippen LogP contribution in [0.4, 0.5) is 0 Å². The number of carbonyl (C=O) groups is 1. The van der Waals surface area contributed by atoms with Gasteiger partial charge in [-0.15, -0.1) is 5.10 Å². The van der Waals surface area contributed by atoms with Gasteiger partial charge in [0.25, 0.3) is 5.91 Å². The second-order valence-electron chi connectivity index (χ2n) is 8.02. The van der Waals surface area contributed by atoms with Crippen LogP contribution in [0.1, 0.15) is 10.4 Å². The molecular weight excluding hydrogens is 474 g/mol. The molecule has 10 heteroatoms. The molecule has 0 spiro atoms. The van der Waals surface area contributed by atoms with Gasteiger partial charge in [-0.1, -0.05) is 24.3 Å². The highest BCUT2D eigenvalue weighted by Gasteiger charge is 2.19. The number of carbonyl (C=O) groups excluding carboxylic acids is 1. The van der Waals surface area contributed by atoms with Gasteiger partial charge in [-0.2, -0.15) is 0 Å². The second-order valence-corrected chi connectivity index (χ2v) is 8.02. The van der Waals surface area contributed by atoms with Gasteiger partial charge in [-0.3, -0.25) is 4.79 Å². The third-order valence-electron chi connectivity index (χ3n) is 5.44. The highest BCUT2D eigenvalue weighted by atomic mass is 16.5. The zero-order chi connectivity index (χ0) is 26.0. The van der Waals surface area contributed by atoms with Crippen LogP contribution in [0.3, 0.4) is 0 Å². The number of amides is 1. The molecule has 5 N–H and O–H groups in total. The largest absolute Gasteiger partial charge is 0.507 e. The number of para-hydroxylation sites is 2. The van der Waals surface area contributed by atoms with Crippen molar-refractivity contribution in [2.45, 2.75) is 0 Å². The van der Waals surface area contributed by atoms with Gasteiger partial charge in [0.2, 0.25) is 0 Å². The normalized spacial score (nSPS) is 10.9. The lowest BCUT2D eigenvalue weighted by Crippen LogP contribution is -2.27. The minimum Gasteiger partial charge on any atom is -0.507 e. The van der Waals surface area contributed by atoms with E-state index in [1.165, 1.54) is 0 Å². The van der Waals surface area contributed by atoms with Gasteiger partial charge in [-0.05, 0) is 48.5 Å². The number of hydrogen-bond acceptors (Lipinski definition) is 8. The number of aromatic nitrogens is 3. The Labute approximate surface area is 214 Å². The molecule has 3 aromatic carbocycles. The molecule has 10 nitrogen and oxygen atoms in total. The van der Waals surface area contributed by atoms with Crippen molar-refractivity contribution < 1.29 is 24.5 Å². The Hall–Kier alpha value is -4.25. The summed E-state index contributed by atoms with van der Waals surface area (Å²) in [7, 11) is 0. The molecule has 1 amide bonds. The zero-order valence-corrected chi connectivity index (χ0v) is 20.2. The van der Waals surface area contributed by atoms with E-state index in [9.17, 15) is 15.0 Å². The van der Waals surface area contributed by atoms with Crippen molar-refractivity contribution in [2.24, 2.45) is 5.73 Å². The summed E-state index contributed by atoms with van der Waals surface area (Å²) in [4.78, 5) is 17.1. The Morgan fingerprint density at radius 3 is 2.11 bits per heavy atom. The van der Waals surface area contributed by atoms with Crippen molar-refractivity contribution in [3.63, 3.8) is 0 Å². The fourth-order valence-corrected chi connectivity index (χ4v) is 3.60. The number of aromatic hydroxyl groups is 2. The molecule has 0 aliphatic heterocycles. The molecule has 0 saturated carbocycles. The maximum Gasteiger partial charge on any atom is 0.251 e. The van der Waals surface area contributed by atoms with E-state index < -0.39 is 0 Å². The second kappa shape index (κ2) is 12.6. The SMILES string of the molecule is NCCOCCOCCNC(=O)c1ccc(-n2nc(-c3ccccc3O)nc2-c2ccccc2O)cc1. The van der Waals surface area contributed by atoms with E-state index >= 15 is 0 Å². The molecule has 0 saturated heterocycles. The fraction of sp³-hybridized carbons (Fsp3) is 0.222. The van der Waals surface area contributed by atoms with E-state index in [1.807, 2.05) is 0 Å². The molecule has 4 rings (SSSR count). The van der Waals surface area contributed by atoms with Gasteiger partial charge in [0.05, 0.1) is 43.2 Å².